The monoisotopic (exact) mass is 275 g/mol. The van der Waals surface area contributed by atoms with E-state index in [0.717, 1.165) is 0 Å². The van der Waals surface area contributed by atoms with E-state index in [2.05, 4.69) is 9.82 Å². The van der Waals surface area contributed by atoms with Gasteiger partial charge in [0.05, 0.1) is 11.4 Å². The number of nitrogens with zero attached hydrogens (tertiary/aromatic N) is 2. The minimum Gasteiger partial charge on any atom is -0.396 e. The fraction of sp³-hybridized carbons (Fsp3) is 0.727. The first-order valence-electron chi connectivity index (χ1n) is 5.96. The maximum Gasteiger partial charge on any atom is 0.244 e. The predicted molar refractivity (Wildman–Crippen MR) is 68.9 cm³/mol. The van der Waals surface area contributed by atoms with Gasteiger partial charge in [0.15, 0.2) is 0 Å². The normalized spacial score (nSPS) is 12.3. The molecule has 1 aromatic heterocycles. The van der Waals surface area contributed by atoms with E-state index in [1.54, 1.807) is 32.4 Å². The van der Waals surface area contributed by atoms with Gasteiger partial charge in [-0.3, -0.25) is 4.68 Å². The predicted octanol–water partition coefficient (Wildman–Crippen LogP) is 0.569. The highest BCUT2D eigenvalue weighted by Crippen LogP contribution is 2.19. The van der Waals surface area contributed by atoms with E-state index in [9.17, 15) is 8.42 Å². The molecule has 0 spiro atoms. The Kier molecular flexibility index (Phi) is 4.89. The highest BCUT2D eigenvalue weighted by atomic mass is 32.2. The SMILES string of the molecule is Cc1nn(CCCO)c(C)c1S(=O)(=O)NC(C)C. The number of nitrogens with one attached hydrogen (secondary N) is 1. The molecule has 1 rings (SSSR count). The number of aryl methyl sites for hydroxylation is 2. The number of aliphatic hydroxyl groups excluding tert-OH is 1. The Hall–Kier alpha value is -0.920. The maximum atomic E-state index is 12.2. The van der Waals surface area contributed by atoms with Gasteiger partial charge in [0, 0.05) is 19.2 Å². The van der Waals surface area contributed by atoms with Gasteiger partial charge in [-0.2, -0.15) is 5.10 Å². The van der Waals surface area contributed by atoms with Gasteiger partial charge in [-0.25, -0.2) is 13.1 Å². The Labute approximate surface area is 108 Å². The number of sulfonamides is 1. The second-order valence-corrected chi connectivity index (χ2v) is 6.23. The zero-order valence-corrected chi connectivity index (χ0v) is 12.1. The van der Waals surface area contributed by atoms with Crippen LogP contribution in [-0.2, 0) is 16.6 Å². The first-order chi connectivity index (χ1) is 8.29. The summed E-state index contributed by atoms with van der Waals surface area (Å²) in [5, 5.41) is 13.0. The van der Waals surface area contributed by atoms with Crippen LogP contribution in [0.1, 0.15) is 31.7 Å². The average molecular weight is 275 g/mol. The molecule has 18 heavy (non-hydrogen) atoms. The lowest BCUT2D eigenvalue weighted by molar-refractivity contribution is 0.276. The van der Waals surface area contributed by atoms with Gasteiger partial charge in [0.1, 0.15) is 4.90 Å². The lowest BCUT2D eigenvalue weighted by Crippen LogP contribution is -2.31. The fourth-order valence-electron chi connectivity index (χ4n) is 1.88. The summed E-state index contributed by atoms with van der Waals surface area (Å²) in [4.78, 5) is 0.245. The van der Waals surface area contributed by atoms with Gasteiger partial charge in [0.2, 0.25) is 10.0 Å². The van der Waals surface area contributed by atoms with Gasteiger partial charge in [-0.05, 0) is 34.1 Å². The summed E-state index contributed by atoms with van der Waals surface area (Å²) in [6.07, 6.45) is 0.555. The molecule has 0 amide bonds. The molecule has 1 aromatic rings. The molecule has 0 fully saturated rings. The van der Waals surface area contributed by atoms with Crippen LogP contribution < -0.4 is 4.72 Å². The van der Waals surface area contributed by atoms with Gasteiger partial charge in [-0.15, -0.1) is 0 Å². The fourth-order valence-corrected chi connectivity index (χ4v) is 3.54. The number of aromatic nitrogens is 2. The van der Waals surface area contributed by atoms with Crippen LogP contribution in [0.5, 0.6) is 0 Å². The molecule has 7 heteroatoms. The summed E-state index contributed by atoms with van der Waals surface area (Å²) in [5.74, 6) is 0. The maximum absolute atomic E-state index is 12.2. The molecule has 0 saturated carbocycles. The molecule has 2 N–H and O–H groups in total. The second-order valence-electron chi connectivity index (χ2n) is 4.58. The van der Waals surface area contributed by atoms with Crippen molar-refractivity contribution in [1.82, 2.24) is 14.5 Å². The topological polar surface area (TPSA) is 84.2 Å². The average Bonchev–Trinajstić information content (AvgIpc) is 2.49. The van der Waals surface area contributed by atoms with E-state index in [1.165, 1.54) is 0 Å². The third-order valence-electron chi connectivity index (χ3n) is 2.50. The van der Waals surface area contributed by atoms with Crippen LogP contribution in [0.3, 0.4) is 0 Å². The van der Waals surface area contributed by atoms with Crippen molar-refractivity contribution >= 4 is 10.0 Å². The molecule has 0 radical (unpaired) electrons. The van der Waals surface area contributed by atoms with E-state index in [0.29, 0.717) is 24.4 Å². The molecule has 1 heterocycles. The first-order valence-corrected chi connectivity index (χ1v) is 7.45. The number of aliphatic hydroxyl groups is 1. The quantitative estimate of drug-likeness (QED) is 0.795. The van der Waals surface area contributed by atoms with Crippen LogP contribution in [0.4, 0.5) is 0 Å². The van der Waals surface area contributed by atoms with Crippen molar-refractivity contribution in [1.29, 1.82) is 0 Å². The van der Waals surface area contributed by atoms with Crippen molar-refractivity contribution in [3.05, 3.63) is 11.4 Å². The number of hydrogen-bond donors (Lipinski definition) is 2. The molecule has 0 aliphatic rings. The third-order valence-corrected chi connectivity index (χ3v) is 4.41. The van der Waals surface area contributed by atoms with Crippen molar-refractivity contribution in [2.24, 2.45) is 0 Å². The van der Waals surface area contributed by atoms with Crippen LogP contribution in [0, 0.1) is 13.8 Å². The molecular formula is C11H21N3O3S. The molecule has 0 unspecified atom stereocenters. The molecule has 0 atom stereocenters. The van der Waals surface area contributed by atoms with E-state index < -0.39 is 10.0 Å². The van der Waals surface area contributed by atoms with Crippen LogP contribution in [0.15, 0.2) is 4.90 Å². The lowest BCUT2D eigenvalue weighted by Gasteiger charge is -2.10. The molecule has 0 bridgehead atoms. The standard InChI is InChI=1S/C11H21N3O3S/c1-8(2)13-18(16,17)11-9(3)12-14(10(11)4)6-5-7-15/h8,13,15H,5-7H2,1-4H3. The largest absolute Gasteiger partial charge is 0.396 e. The van der Waals surface area contributed by atoms with Gasteiger partial charge in [0.25, 0.3) is 0 Å². The minimum atomic E-state index is -3.52. The van der Waals surface area contributed by atoms with Gasteiger partial charge >= 0.3 is 0 Å². The Morgan fingerprint density at radius 1 is 1.39 bits per heavy atom. The van der Waals surface area contributed by atoms with Crippen LogP contribution in [0.25, 0.3) is 0 Å². The highest BCUT2D eigenvalue weighted by Gasteiger charge is 2.24. The van der Waals surface area contributed by atoms with E-state index >= 15 is 0 Å². The van der Waals surface area contributed by atoms with E-state index in [-0.39, 0.29) is 17.5 Å². The summed E-state index contributed by atoms with van der Waals surface area (Å²) >= 11 is 0. The summed E-state index contributed by atoms with van der Waals surface area (Å²) in [6.45, 7) is 7.53. The Bertz CT molecular complexity index is 506. The first kappa shape index (κ1) is 15.1. The summed E-state index contributed by atoms with van der Waals surface area (Å²) < 4.78 is 28.5. The summed E-state index contributed by atoms with van der Waals surface area (Å²) in [5.41, 5.74) is 1.09. The minimum absolute atomic E-state index is 0.0602. The third kappa shape index (κ3) is 3.30. The summed E-state index contributed by atoms with van der Waals surface area (Å²) in [7, 11) is -3.52. The van der Waals surface area contributed by atoms with Crippen LogP contribution in [-0.4, -0.2) is 36.0 Å². The number of rotatable bonds is 6. The van der Waals surface area contributed by atoms with Crippen molar-refractivity contribution in [2.75, 3.05) is 6.61 Å². The molecule has 0 aromatic carbocycles. The smallest absolute Gasteiger partial charge is 0.244 e. The molecule has 0 aliphatic heterocycles. The Morgan fingerprint density at radius 2 is 2.00 bits per heavy atom. The molecular weight excluding hydrogens is 254 g/mol. The van der Waals surface area contributed by atoms with Gasteiger partial charge < -0.3 is 5.11 Å². The van der Waals surface area contributed by atoms with Crippen LogP contribution in [0.2, 0.25) is 0 Å². The van der Waals surface area contributed by atoms with E-state index in [1.807, 2.05) is 0 Å². The molecule has 6 nitrogen and oxygen atoms in total. The Balaban J connectivity index is 3.13. The van der Waals surface area contributed by atoms with Gasteiger partial charge in [-0.1, -0.05) is 0 Å². The zero-order valence-electron chi connectivity index (χ0n) is 11.3. The van der Waals surface area contributed by atoms with E-state index in [4.69, 9.17) is 5.11 Å². The highest BCUT2D eigenvalue weighted by molar-refractivity contribution is 7.89. The molecule has 104 valence electrons. The second kappa shape index (κ2) is 5.81. The lowest BCUT2D eigenvalue weighted by atomic mass is 10.4. The Morgan fingerprint density at radius 3 is 2.50 bits per heavy atom. The molecule has 0 aliphatic carbocycles. The number of hydrogen-bond acceptors (Lipinski definition) is 4. The van der Waals surface area contributed by atoms with Crippen molar-refractivity contribution < 1.29 is 13.5 Å². The summed E-state index contributed by atoms with van der Waals surface area (Å²) in [6, 6.07) is -0.158. The van der Waals surface area contributed by atoms with Crippen molar-refractivity contribution in [3.63, 3.8) is 0 Å². The zero-order chi connectivity index (χ0) is 13.9. The van der Waals surface area contributed by atoms with Crippen LogP contribution >= 0.6 is 0 Å². The molecule has 0 saturated heterocycles. The van der Waals surface area contributed by atoms with Crippen molar-refractivity contribution in [2.45, 2.75) is 51.6 Å². The van der Waals surface area contributed by atoms with Crippen molar-refractivity contribution in [3.8, 4) is 0 Å².